The first kappa shape index (κ1) is 12.8. The normalized spacial score (nSPS) is 34.1. The predicted molar refractivity (Wildman–Crippen MR) is 64.3 cm³/mol. The highest BCUT2D eigenvalue weighted by molar-refractivity contribution is 5.76. The van der Waals surface area contributed by atoms with E-state index in [9.17, 15) is 9.90 Å². The molecule has 4 heteroatoms. The maximum Gasteiger partial charge on any atom is 0.220 e. The molecule has 0 radical (unpaired) electrons. The molecule has 0 aromatic carbocycles. The molecule has 1 amide bonds. The monoisotopic (exact) mass is 241 g/mol. The minimum absolute atomic E-state index is 0.0101. The third-order valence-corrected chi connectivity index (χ3v) is 4.21. The van der Waals surface area contributed by atoms with Gasteiger partial charge in [0.15, 0.2) is 0 Å². The van der Waals surface area contributed by atoms with Gasteiger partial charge in [-0.25, -0.2) is 0 Å². The molecule has 0 unspecified atom stereocenters. The summed E-state index contributed by atoms with van der Waals surface area (Å²) in [6.45, 7) is 0.0101. The fourth-order valence-electron chi connectivity index (χ4n) is 3.18. The first-order valence-corrected chi connectivity index (χ1v) is 6.77. The van der Waals surface area contributed by atoms with Crippen molar-refractivity contribution in [2.45, 2.75) is 57.1 Å². The van der Waals surface area contributed by atoms with E-state index in [4.69, 9.17) is 5.11 Å². The molecule has 4 nitrogen and oxygen atoms in total. The Hall–Kier alpha value is -0.610. The SMILES string of the molecule is O=C(CC1CCCC1)N[C@@H]1C[C@@H](CO)[C@H](O)C1. The van der Waals surface area contributed by atoms with Crippen molar-refractivity contribution >= 4 is 5.91 Å². The van der Waals surface area contributed by atoms with Gasteiger partial charge >= 0.3 is 0 Å². The van der Waals surface area contributed by atoms with Crippen molar-refractivity contribution in [1.82, 2.24) is 5.32 Å². The Labute approximate surface area is 102 Å². The predicted octanol–water partition coefficient (Wildman–Crippen LogP) is 0.815. The van der Waals surface area contributed by atoms with Gasteiger partial charge in [-0.1, -0.05) is 12.8 Å². The Morgan fingerprint density at radius 2 is 1.94 bits per heavy atom. The lowest BCUT2D eigenvalue weighted by Crippen LogP contribution is -2.34. The van der Waals surface area contributed by atoms with Crippen LogP contribution in [0.5, 0.6) is 0 Å². The standard InChI is InChI=1S/C13H23NO3/c15-8-10-6-11(7-12(10)16)14-13(17)5-9-3-1-2-4-9/h9-12,15-16H,1-8H2,(H,14,17)/t10-,11+,12+/m0/s1. The number of aliphatic hydroxyl groups excluding tert-OH is 2. The molecule has 0 bridgehead atoms. The van der Waals surface area contributed by atoms with Crippen molar-refractivity contribution in [3.05, 3.63) is 0 Å². The van der Waals surface area contributed by atoms with Crippen LogP contribution in [0.2, 0.25) is 0 Å². The van der Waals surface area contributed by atoms with Gasteiger partial charge in [-0.15, -0.1) is 0 Å². The van der Waals surface area contributed by atoms with Crippen LogP contribution in [0.4, 0.5) is 0 Å². The number of hydrogen-bond donors (Lipinski definition) is 3. The number of carbonyl (C=O) groups is 1. The molecule has 0 aromatic heterocycles. The molecule has 98 valence electrons. The summed E-state index contributed by atoms with van der Waals surface area (Å²) in [5, 5.41) is 21.7. The van der Waals surface area contributed by atoms with Crippen LogP contribution in [0.25, 0.3) is 0 Å². The number of aliphatic hydroxyl groups is 2. The lowest BCUT2D eigenvalue weighted by Gasteiger charge is -2.14. The van der Waals surface area contributed by atoms with Gasteiger partial charge < -0.3 is 15.5 Å². The van der Waals surface area contributed by atoms with Gasteiger partial charge in [0.2, 0.25) is 5.91 Å². The molecule has 0 spiro atoms. The molecule has 2 saturated carbocycles. The molecule has 0 heterocycles. The van der Waals surface area contributed by atoms with Crippen LogP contribution in [0, 0.1) is 11.8 Å². The molecular formula is C13H23NO3. The van der Waals surface area contributed by atoms with E-state index in [-0.39, 0.29) is 24.5 Å². The molecule has 0 saturated heterocycles. The summed E-state index contributed by atoms with van der Waals surface area (Å²) in [6, 6.07) is 0.0519. The van der Waals surface area contributed by atoms with Crippen molar-refractivity contribution in [1.29, 1.82) is 0 Å². The molecule has 0 aliphatic heterocycles. The minimum atomic E-state index is -0.461. The summed E-state index contributed by atoms with van der Waals surface area (Å²) >= 11 is 0. The highest BCUT2D eigenvalue weighted by atomic mass is 16.3. The zero-order valence-electron chi connectivity index (χ0n) is 10.3. The second-order valence-electron chi connectivity index (χ2n) is 5.60. The van der Waals surface area contributed by atoms with Gasteiger partial charge in [-0.3, -0.25) is 4.79 Å². The Kier molecular flexibility index (Phi) is 4.40. The Morgan fingerprint density at radius 3 is 2.53 bits per heavy atom. The van der Waals surface area contributed by atoms with E-state index in [2.05, 4.69) is 5.32 Å². The summed E-state index contributed by atoms with van der Waals surface area (Å²) in [5.41, 5.74) is 0. The highest BCUT2D eigenvalue weighted by Crippen LogP contribution is 2.29. The summed E-state index contributed by atoms with van der Waals surface area (Å²) in [4.78, 5) is 11.8. The first-order valence-electron chi connectivity index (χ1n) is 6.77. The molecule has 3 atom stereocenters. The fraction of sp³-hybridized carbons (Fsp3) is 0.923. The average Bonchev–Trinajstić information content (AvgIpc) is 2.88. The van der Waals surface area contributed by atoms with Crippen LogP contribution in [-0.2, 0) is 4.79 Å². The lowest BCUT2D eigenvalue weighted by molar-refractivity contribution is -0.122. The minimum Gasteiger partial charge on any atom is -0.396 e. The third kappa shape index (κ3) is 3.42. The van der Waals surface area contributed by atoms with Gasteiger partial charge in [-0.05, 0) is 31.6 Å². The van der Waals surface area contributed by atoms with Crippen LogP contribution in [0.3, 0.4) is 0 Å². The van der Waals surface area contributed by atoms with Crippen LogP contribution in [-0.4, -0.2) is 34.9 Å². The molecule has 2 rings (SSSR count). The summed E-state index contributed by atoms with van der Waals surface area (Å²) in [5.74, 6) is 0.620. The molecular weight excluding hydrogens is 218 g/mol. The number of amides is 1. The largest absolute Gasteiger partial charge is 0.396 e. The van der Waals surface area contributed by atoms with Gasteiger partial charge in [0.1, 0.15) is 0 Å². The number of carbonyl (C=O) groups excluding carboxylic acids is 1. The Bertz CT molecular complexity index is 263. The van der Waals surface area contributed by atoms with Crippen LogP contribution >= 0.6 is 0 Å². The van der Waals surface area contributed by atoms with E-state index >= 15 is 0 Å². The van der Waals surface area contributed by atoms with Crippen LogP contribution < -0.4 is 5.32 Å². The lowest BCUT2D eigenvalue weighted by atomic mass is 10.0. The van der Waals surface area contributed by atoms with Gasteiger partial charge in [0, 0.05) is 25.0 Å². The van der Waals surface area contributed by atoms with Crippen molar-refractivity contribution in [3.8, 4) is 0 Å². The van der Waals surface area contributed by atoms with E-state index in [1.54, 1.807) is 0 Å². The quantitative estimate of drug-likeness (QED) is 0.682. The zero-order valence-corrected chi connectivity index (χ0v) is 10.3. The summed E-state index contributed by atoms with van der Waals surface area (Å²) in [6.07, 6.45) is 6.34. The molecule has 0 aromatic rings. The number of hydrogen-bond acceptors (Lipinski definition) is 3. The first-order chi connectivity index (χ1) is 8.19. The summed E-state index contributed by atoms with van der Waals surface area (Å²) < 4.78 is 0. The maximum atomic E-state index is 11.8. The molecule has 2 aliphatic rings. The topological polar surface area (TPSA) is 69.6 Å². The second-order valence-corrected chi connectivity index (χ2v) is 5.60. The van der Waals surface area contributed by atoms with Gasteiger partial charge in [0.25, 0.3) is 0 Å². The summed E-state index contributed by atoms with van der Waals surface area (Å²) in [7, 11) is 0. The molecule has 2 aliphatic carbocycles. The molecule has 17 heavy (non-hydrogen) atoms. The Morgan fingerprint density at radius 1 is 1.24 bits per heavy atom. The van der Waals surface area contributed by atoms with Gasteiger partial charge in [0.05, 0.1) is 6.10 Å². The number of nitrogens with one attached hydrogen (secondary N) is 1. The second kappa shape index (κ2) is 5.83. The van der Waals surface area contributed by atoms with Crippen molar-refractivity contribution < 1.29 is 15.0 Å². The van der Waals surface area contributed by atoms with E-state index in [0.717, 1.165) is 0 Å². The smallest absolute Gasteiger partial charge is 0.220 e. The fourth-order valence-corrected chi connectivity index (χ4v) is 3.18. The molecule has 2 fully saturated rings. The van der Waals surface area contributed by atoms with E-state index in [0.29, 0.717) is 25.2 Å². The van der Waals surface area contributed by atoms with Crippen LogP contribution in [0.15, 0.2) is 0 Å². The Balaban J connectivity index is 1.71. The van der Waals surface area contributed by atoms with Gasteiger partial charge in [-0.2, -0.15) is 0 Å². The van der Waals surface area contributed by atoms with E-state index < -0.39 is 6.10 Å². The van der Waals surface area contributed by atoms with E-state index in [1.807, 2.05) is 0 Å². The third-order valence-electron chi connectivity index (χ3n) is 4.21. The average molecular weight is 241 g/mol. The van der Waals surface area contributed by atoms with Crippen LogP contribution in [0.1, 0.15) is 44.9 Å². The van der Waals surface area contributed by atoms with Crippen molar-refractivity contribution in [2.24, 2.45) is 11.8 Å². The maximum absolute atomic E-state index is 11.8. The molecule has 3 N–H and O–H groups in total. The van der Waals surface area contributed by atoms with Crippen molar-refractivity contribution in [3.63, 3.8) is 0 Å². The highest BCUT2D eigenvalue weighted by Gasteiger charge is 2.33. The zero-order chi connectivity index (χ0) is 12.3. The number of rotatable bonds is 4. The van der Waals surface area contributed by atoms with E-state index in [1.165, 1.54) is 25.7 Å². The van der Waals surface area contributed by atoms with Crippen molar-refractivity contribution in [2.75, 3.05) is 6.61 Å².